The lowest BCUT2D eigenvalue weighted by molar-refractivity contribution is -0.127. The SMILES string of the molecule is Cc1cccc(NC(=O)CC2S/C(=N/c3nc4ccccc4s3)N(C)C2=O)c1C. The molecule has 6 nitrogen and oxygen atoms in total. The van der Waals surface area contributed by atoms with Gasteiger partial charge in [-0.3, -0.25) is 14.5 Å². The lowest BCUT2D eigenvalue weighted by Crippen LogP contribution is -2.30. The number of carbonyl (C=O) groups is 2. The quantitative estimate of drug-likeness (QED) is 0.669. The molecule has 0 radical (unpaired) electrons. The number of aliphatic imine (C=N–C) groups is 1. The summed E-state index contributed by atoms with van der Waals surface area (Å²) in [6, 6.07) is 13.6. The number of fused-ring (bicyclic) bond motifs is 1. The molecule has 2 heterocycles. The number of rotatable bonds is 4. The molecule has 0 bridgehead atoms. The van der Waals surface area contributed by atoms with Gasteiger partial charge in [0.1, 0.15) is 5.25 Å². The predicted molar refractivity (Wildman–Crippen MR) is 120 cm³/mol. The van der Waals surface area contributed by atoms with Gasteiger partial charge in [-0.25, -0.2) is 4.98 Å². The van der Waals surface area contributed by atoms with Crippen molar-refractivity contribution in [2.75, 3.05) is 12.4 Å². The third-order valence-corrected chi connectivity index (χ3v) is 7.02. The first kappa shape index (κ1) is 19.6. The summed E-state index contributed by atoms with van der Waals surface area (Å²) in [4.78, 5) is 35.7. The summed E-state index contributed by atoms with van der Waals surface area (Å²) in [5.41, 5.74) is 3.81. The highest BCUT2D eigenvalue weighted by atomic mass is 32.2. The van der Waals surface area contributed by atoms with Crippen molar-refractivity contribution in [1.29, 1.82) is 0 Å². The van der Waals surface area contributed by atoms with Gasteiger partial charge in [-0.05, 0) is 43.2 Å². The number of thioether (sulfide) groups is 1. The van der Waals surface area contributed by atoms with Crippen molar-refractivity contribution in [2.45, 2.75) is 25.5 Å². The number of anilines is 1. The molecule has 148 valence electrons. The summed E-state index contributed by atoms with van der Waals surface area (Å²) in [6.45, 7) is 3.97. The summed E-state index contributed by atoms with van der Waals surface area (Å²) in [7, 11) is 1.68. The van der Waals surface area contributed by atoms with E-state index in [9.17, 15) is 9.59 Å². The summed E-state index contributed by atoms with van der Waals surface area (Å²) in [5, 5.41) is 3.61. The average molecular weight is 425 g/mol. The van der Waals surface area contributed by atoms with Crippen molar-refractivity contribution in [3.8, 4) is 0 Å². The van der Waals surface area contributed by atoms with Crippen LogP contribution in [0.3, 0.4) is 0 Å². The van der Waals surface area contributed by atoms with Crippen molar-refractivity contribution in [3.05, 3.63) is 53.6 Å². The maximum Gasteiger partial charge on any atom is 0.242 e. The molecule has 1 atom stereocenters. The Bertz CT molecular complexity index is 1110. The Kier molecular flexibility index (Phi) is 5.38. The van der Waals surface area contributed by atoms with E-state index in [1.807, 2.05) is 56.3 Å². The lowest BCUT2D eigenvalue weighted by atomic mass is 10.1. The second-order valence-electron chi connectivity index (χ2n) is 6.86. The van der Waals surface area contributed by atoms with Crippen LogP contribution in [0.1, 0.15) is 17.5 Å². The van der Waals surface area contributed by atoms with Crippen molar-refractivity contribution >= 4 is 61.1 Å². The van der Waals surface area contributed by atoms with E-state index < -0.39 is 5.25 Å². The fourth-order valence-corrected chi connectivity index (χ4v) is 5.07. The standard InChI is InChI=1S/C21H20N4O2S2/c1-12-7-6-9-14(13(12)2)22-18(26)11-17-19(27)25(3)21(29-17)24-20-23-15-8-4-5-10-16(15)28-20/h4-10,17H,11H2,1-3H3,(H,22,26)/b24-21+. The smallest absolute Gasteiger partial charge is 0.242 e. The predicted octanol–water partition coefficient (Wildman–Crippen LogP) is 4.50. The molecular weight excluding hydrogens is 404 g/mol. The fourth-order valence-electron chi connectivity index (χ4n) is 3.04. The van der Waals surface area contributed by atoms with Gasteiger partial charge in [0, 0.05) is 19.2 Å². The third kappa shape index (κ3) is 4.04. The van der Waals surface area contributed by atoms with Crippen LogP contribution >= 0.6 is 23.1 Å². The first-order chi connectivity index (χ1) is 13.9. The molecule has 8 heteroatoms. The van der Waals surface area contributed by atoms with Crippen molar-refractivity contribution in [3.63, 3.8) is 0 Å². The van der Waals surface area contributed by atoms with E-state index in [2.05, 4.69) is 15.3 Å². The van der Waals surface area contributed by atoms with Crippen LogP contribution in [0, 0.1) is 13.8 Å². The highest BCUT2D eigenvalue weighted by molar-refractivity contribution is 8.15. The van der Waals surface area contributed by atoms with Crippen LogP contribution < -0.4 is 5.32 Å². The van der Waals surface area contributed by atoms with Gasteiger partial charge >= 0.3 is 0 Å². The Balaban J connectivity index is 1.47. The molecule has 29 heavy (non-hydrogen) atoms. The monoisotopic (exact) mass is 424 g/mol. The van der Waals surface area contributed by atoms with E-state index in [1.54, 1.807) is 7.05 Å². The van der Waals surface area contributed by atoms with E-state index in [0.717, 1.165) is 27.0 Å². The van der Waals surface area contributed by atoms with Crippen molar-refractivity contribution in [2.24, 2.45) is 4.99 Å². The van der Waals surface area contributed by atoms with Crippen LogP contribution in [0.5, 0.6) is 0 Å². The normalized spacial score (nSPS) is 18.0. The van der Waals surface area contributed by atoms with Gasteiger partial charge in [0.15, 0.2) is 5.17 Å². The Morgan fingerprint density at radius 3 is 2.79 bits per heavy atom. The summed E-state index contributed by atoms with van der Waals surface area (Å²) in [5.74, 6) is -0.301. The number of nitrogens with one attached hydrogen (secondary N) is 1. The Labute approximate surface area is 177 Å². The molecule has 1 aromatic heterocycles. The minimum absolute atomic E-state index is 0.0973. The van der Waals surface area contributed by atoms with Crippen LogP contribution in [0.2, 0.25) is 0 Å². The number of thiazole rings is 1. The third-order valence-electron chi connectivity index (χ3n) is 4.86. The zero-order chi connectivity index (χ0) is 20.5. The van der Waals surface area contributed by atoms with Gasteiger partial charge in [0.2, 0.25) is 16.9 Å². The van der Waals surface area contributed by atoms with Gasteiger partial charge in [-0.1, -0.05) is 47.4 Å². The number of hydrogen-bond donors (Lipinski definition) is 1. The number of nitrogens with zero attached hydrogens (tertiary/aromatic N) is 3. The zero-order valence-electron chi connectivity index (χ0n) is 16.3. The van der Waals surface area contributed by atoms with E-state index in [-0.39, 0.29) is 18.2 Å². The molecule has 1 N–H and O–H groups in total. The molecule has 4 rings (SSSR count). The molecule has 1 fully saturated rings. The first-order valence-corrected chi connectivity index (χ1v) is 10.9. The molecular formula is C21H20N4O2S2. The van der Waals surface area contributed by atoms with Gasteiger partial charge in [-0.2, -0.15) is 4.99 Å². The molecule has 0 spiro atoms. The van der Waals surface area contributed by atoms with Gasteiger partial charge < -0.3 is 5.32 Å². The maximum atomic E-state index is 12.6. The highest BCUT2D eigenvalue weighted by Crippen LogP contribution is 2.34. The summed E-state index contributed by atoms with van der Waals surface area (Å²) in [6.07, 6.45) is 0.0973. The minimum atomic E-state index is -0.488. The largest absolute Gasteiger partial charge is 0.326 e. The average Bonchev–Trinajstić information content (AvgIpc) is 3.21. The Morgan fingerprint density at radius 1 is 1.21 bits per heavy atom. The fraction of sp³-hybridized carbons (Fsp3) is 0.238. The highest BCUT2D eigenvalue weighted by Gasteiger charge is 2.37. The van der Waals surface area contributed by atoms with E-state index in [1.165, 1.54) is 28.0 Å². The molecule has 1 aliphatic rings. The van der Waals surface area contributed by atoms with Crippen molar-refractivity contribution < 1.29 is 9.59 Å². The molecule has 3 aromatic rings. The first-order valence-electron chi connectivity index (χ1n) is 9.17. The second kappa shape index (κ2) is 7.96. The van der Waals surface area contributed by atoms with Crippen LogP contribution in [0.4, 0.5) is 10.8 Å². The molecule has 1 saturated heterocycles. The summed E-state index contributed by atoms with van der Waals surface area (Å²) >= 11 is 2.79. The Hall–Kier alpha value is -2.71. The number of benzene rings is 2. The molecule has 0 saturated carbocycles. The van der Waals surface area contributed by atoms with Crippen LogP contribution in [0.25, 0.3) is 10.2 Å². The van der Waals surface area contributed by atoms with Gasteiger partial charge in [-0.15, -0.1) is 0 Å². The van der Waals surface area contributed by atoms with Gasteiger partial charge in [0.25, 0.3) is 0 Å². The number of hydrogen-bond acceptors (Lipinski definition) is 6. The topological polar surface area (TPSA) is 74.7 Å². The minimum Gasteiger partial charge on any atom is -0.326 e. The zero-order valence-corrected chi connectivity index (χ0v) is 17.9. The number of carbonyl (C=O) groups excluding carboxylic acids is 2. The number of amidine groups is 1. The second-order valence-corrected chi connectivity index (χ2v) is 9.04. The van der Waals surface area contributed by atoms with E-state index in [0.29, 0.717) is 10.3 Å². The Morgan fingerprint density at radius 2 is 2.00 bits per heavy atom. The van der Waals surface area contributed by atoms with E-state index in [4.69, 9.17) is 0 Å². The maximum absolute atomic E-state index is 12.6. The van der Waals surface area contributed by atoms with E-state index >= 15 is 0 Å². The molecule has 1 unspecified atom stereocenters. The van der Waals surface area contributed by atoms with Gasteiger partial charge in [0.05, 0.1) is 10.2 Å². The number of amides is 2. The number of aromatic nitrogens is 1. The van der Waals surface area contributed by atoms with Crippen molar-refractivity contribution in [1.82, 2.24) is 9.88 Å². The molecule has 2 aromatic carbocycles. The lowest BCUT2D eigenvalue weighted by Gasteiger charge is -2.12. The van der Waals surface area contributed by atoms with Crippen LogP contribution in [-0.2, 0) is 9.59 Å². The number of aryl methyl sites for hydroxylation is 1. The number of para-hydroxylation sites is 1. The van der Waals surface area contributed by atoms with Crippen LogP contribution in [-0.4, -0.2) is 39.2 Å². The van der Waals surface area contributed by atoms with Crippen LogP contribution in [0.15, 0.2) is 47.5 Å². The molecule has 1 aliphatic heterocycles. The molecule has 2 amide bonds. The summed E-state index contributed by atoms with van der Waals surface area (Å²) < 4.78 is 1.05. The molecule has 0 aliphatic carbocycles.